The van der Waals surface area contributed by atoms with Crippen LogP contribution in [0.5, 0.6) is 0 Å². The Balaban J connectivity index is 1.20. The molecule has 5 nitrogen and oxygen atoms in total. The molecule has 1 N–H and O–H groups in total. The summed E-state index contributed by atoms with van der Waals surface area (Å²) >= 11 is 6.20. The van der Waals surface area contributed by atoms with E-state index in [2.05, 4.69) is 39.5 Å². The topological polar surface area (TPSA) is 58.4 Å². The molecule has 0 radical (unpaired) electrons. The van der Waals surface area contributed by atoms with E-state index in [-0.39, 0.29) is 11.9 Å². The van der Waals surface area contributed by atoms with Crippen LogP contribution in [0, 0.1) is 0 Å². The maximum absolute atomic E-state index is 12.4. The van der Waals surface area contributed by atoms with E-state index < -0.39 is 0 Å². The number of hydrogen-bond donors (Lipinski definition) is 1. The second-order valence-corrected chi connectivity index (χ2v) is 8.11. The number of aryl methyl sites for hydroxylation is 1. The van der Waals surface area contributed by atoms with E-state index in [0.29, 0.717) is 29.5 Å². The summed E-state index contributed by atoms with van der Waals surface area (Å²) < 4.78 is 5.78. The Morgan fingerprint density at radius 1 is 1.10 bits per heavy atom. The van der Waals surface area contributed by atoms with Crippen LogP contribution in [0.25, 0.3) is 11.3 Å². The van der Waals surface area contributed by atoms with E-state index in [1.165, 1.54) is 5.56 Å². The molecule has 1 amide bonds. The van der Waals surface area contributed by atoms with Gasteiger partial charge in [-0.25, -0.2) is 4.98 Å². The van der Waals surface area contributed by atoms with Crippen LogP contribution in [0.4, 0.5) is 0 Å². The van der Waals surface area contributed by atoms with E-state index in [4.69, 9.17) is 16.0 Å². The summed E-state index contributed by atoms with van der Waals surface area (Å²) in [6, 6.07) is 18.2. The molecule has 1 aromatic heterocycles. The quantitative estimate of drug-likeness (QED) is 0.598. The molecule has 2 aromatic carbocycles. The van der Waals surface area contributed by atoms with E-state index in [9.17, 15) is 4.79 Å². The minimum Gasteiger partial charge on any atom is -0.441 e. The van der Waals surface area contributed by atoms with Crippen LogP contribution in [0.3, 0.4) is 0 Å². The summed E-state index contributed by atoms with van der Waals surface area (Å²) in [6.45, 7) is 2.97. The van der Waals surface area contributed by atoms with Gasteiger partial charge in [-0.05, 0) is 30.5 Å². The van der Waals surface area contributed by atoms with Crippen molar-refractivity contribution in [3.8, 4) is 11.3 Å². The van der Waals surface area contributed by atoms with Crippen molar-refractivity contribution in [2.75, 3.05) is 13.1 Å². The maximum atomic E-state index is 12.4. The van der Waals surface area contributed by atoms with Gasteiger partial charge in [0.15, 0.2) is 11.7 Å². The third-order valence-electron chi connectivity index (χ3n) is 5.46. The Morgan fingerprint density at radius 3 is 2.60 bits per heavy atom. The Bertz CT molecular complexity index is 965. The summed E-state index contributed by atoms with van der Waals surface area (Å²) in [5.74, 6) is 1.23. The van der Waals surface area contributed by atoms with Crippen molar-refractivity contribution >= 4 is 17.5 Å². The summed E-state index contributed by atoms with van der Waals surface area (Å²) in [5, 5.41) is 3.79. The van der Waals surface area contributed by atoms with Crippen molar-refractivity contribution < 1.29 is 9.21 Å². The average molecular weight is 424 g/mol. The molecule has 0 spiro atoms. The second-order valence-electron chi connectivity index (χ2n) is 7.70. The predicted octanol–water partition coefficient (Wildman–Crippen LogP) is 4.71. The molecule has 3 aromatic rings. The highest BCUT2D eigenvalue weighted by molar-refractivity contribution is 6.33. The number of piperidine rings is 1. The molecule has 0 saturated carbocycles. The lowest BCUT2D eigenvalue weighted by Crippen LogP contribution is -2.44. The normalized spacial score (nSPS) is 15.2. The third-order valence-corrected chi connectivity index (χ3v) is 5.79. The van der Waals surface area contributed by atoms with Crippen LogP contribution in [0.15, 0.2) is 65.2 Å². The van der Waals surface area contributed by atoms with E-state index in [0.717, 1.165) is 38.0 Å². The van der Waals surface area contributed by atoms with Gasteiger partial charge in [-0.2, -0.15) is 0 Å². The van der Waals surface area contributed by atoms with Crippen LogP contribution in [-0.4, -0.2) is 34.9 Å². The van der Waals surface area contributed by atoms with E-state index >= 15 is 0 Å². The standard InChI is InChI=1S/C24H26ClN3O2/c25-21-9-5-4-8-20(21)22-16-26-24(30-22)11-10-23(29)27-19-12-14-28(15-13-19)17-18-6-2-1-3-7-18/h1-9,16,19H,10-15,17H2,(H,27,29). The van der Waals surface area contributed by atoms with E-state index in [1.807, 2.05) is 30.3 Å². The van der Waals surface area contributed by atoms with Gasteiger partial charge in [0.25, 0.3) is 0 Å². The summed E-state index contributed by atoms with van der Waals surface area (Å²) in [7, 11) is 0. The van der Waals surface area contributed by atoms with Gasteiger partial charge in [0.1, 0.15) is 0 Å². The lowest BCUT2D eigenvalue weighted by atomic mass is 10.0. The maximum Gasteiger partial charge on any atom is 0.220 e. The zero-order chi connectivity index (χ0) is 20.8. The molecule has 4 rings (SSSR count). The van der Waals surface area contributed by atoms with Gasteiger partial charge in [0.2, 0.25) is 5.91 Å². The molecule has 1 fully saturated rings. The molecule has 156 valence electrons. The van der Waals surface area contributed by atoms with Gasteiger partial charge in [0.05, 0.1) is 11.2 Å². The number of rotatable bonds is 7. The molecule has 1 saturated heterocycles. The molecule has 0 atom stereocenters. The molecule has 2 heterocycles. The molecule has 1 aliphatic heterocycles. The fraction of sp³-hybridized carbons (Fsp3) is 0.333. The Morgan fingerprint density at radius 2 is 1.83 bits per heavy atom. The highest BCUT2D eigenvalue weighted by Gasteiger charge is 2.21. The fourth-order valence-electron chi connectivity index (χ4n) is 3.81. The zero-order valence-corrected chi connectivity index (χ0v) is 17.6. The molecular weight excluding hydrogens is 398 g/mol. The number of aromatic nitrogens is 1. The van der Waals surface area contributed by atoms with Crippen molar-refractivity contribution in [2.24, 2.45) is 0 Å². The first kappa shape index (κ1) is 20.6. The molecule has 0 unspecified atom stereocenters. The summed E-state index contributed by atoms with van der Waals surface area (Å²) in [6.07, 6.45) is 4.47. The van der Waals surface area contributed by atoms with Gasteiger partial charge in [-0.1, -0.05) is 54.1 Å². The van der Waals surface area contributed by atoms with Gasteiger partial charge >= 0.3 is 0 Å². The number of carbonyl (C=O) groups excluding carboxylic acids is 1. The number of likely N-dealkylation sites (tertiary alicyclic amines) is 1. The van der Waals surface area contributed by atoms with Crippen LogP contribution in [-0.2, 0) is 17.8 Å². The number of nitrogens with one attached hydrogen (secondary N) is 1. The number of hydrogen-bond acceptors (Lipinski definition) is 4. The van der Waals surface area contributed by atoms with Crippen LogP contribution >= 0.6 is 11.6 Å². The fourth-order valence-corrected chi connectivity index (χ4v) is 4.04. The van der Waals surface area contributed by atoms with Crippen molar-refractivity contribution in [1.29, 1.82) is 0 Å². The van der Waals surface area contributed by atoms with Crippen LogP contribution < -0.4 is 5.32 Å². The highest BCUT2D eigenvalue weighted by atomic mass is 35.5. The molecule has 6 heteroatoms. The first-order chi connectivity index (χ1) is 14.7. The average Bonchev–Trinajstić information content (AvgIpc) is 3.24. The second kappa shape index (κ2) is 9.92. The third kappa shape index (κ3) is 5.49. The molecule has 1 aliphatic rings. The SMILES string of the molecule is O=C(CCc1ncc(-c2ccccc2Cl)o1)NC1CCN(Cc2ccccc2)CC1. The lowest BCUT2D eigenvalue weighted by Gasteiger charge is -2.32. The molecule has 0 aliphatic carbocycles. The van der Waals surface area contributed by atoms with Gasteiger partial charge in [0, 0.05) is 44.1 Å². The minimum absolute atomic E-state index is 0.0500. The lowest BCUT2D eigenvalue weighted by molar-refractivity contribution is -0.122. The Hall–Kier alpha value is -2.63. The number of carbonyl (C=O) groups is 1. The van der Waals surface area contributed by atoms with Crippen molar-refractivity contribution in [3.05, 3.63) is 77.3 Å². The number of benzene rings is 2. The molecular formula is C24H26ClN3O2. The zero-order valence-electron chi connectivity index (χ0n) is 16.9. The minimum atomic E-state index is 0.0500. The van der Waals surface area contributed by atoms with Crippen LogP contribution in [0.2, 0.25) is 5.02 Å². The van der Waals surface area contributed by atoms with Crippen molar-refractivity contribution in [2.45, 2.75) is 38.3 Å². The van der Waals surface area contributed by atoms with Gasteiger partial charge in [-0.15, -0.1) is 0 Å². The summed E-state index contributed by atoms with van der Waals surface area (Å²) in [5.41, 5.74) is 2.15. The number of amides is 1. The molecule has 0 bridgehead atoms. The Labute approximate surface area is 182 Å². The highest BCUT2D eigenvalue weighted by Crippen LogP contribution is 2.28. The van der Waals surface area contributed by atoms with Gasteiger partial charge in [-0.3, -0.25) is 9.69 Å². The van der Waals surface area contributed by atoms with Crippen LogP contribution in [0.1, 0.15) is 30.7 Å². The first-order valence-electron chi connectivity index (χ1n) is 10.4. The number of nitrogens with zero attached hydrogens (tertiary/aromatic N) is 2. The number of oxazole rings is 1. The van der Waals surface area contributed by atoms with Crippen molar-refractivity contribution in [3.63, 3.8) is 0 Å². The smallest absolute Gasteiger partial charge is 0.220 e. The molecule has 30 heavy (non-hydrogen) atoms. The van der Waals surface area contributed by atoms with Gasteiger partial charge < -0.3 is 9.73 Å². The predicted molar refractivity (Wildman–Crippen MR) is 118 cm³/mol. The monoisotopic (exact) mass is 423 g/mol. The van der Waals surface area contributed by atoms with Crippen molar-refractivity contribution in [1.82, 2.24) is 15.2 Å². The first-order valence-corrected chi connectivity index (χ1v) is 10.8. The van der Waals surface area contributed by atoms with E-state index in [1.54, 1.807) is 6.20 Å². The Kier molecular flexibility index (Phi) is 6.82. The largest absolute Gasteiger partial charge is 0.441 e. The number of halogens is 1. The summed E-state index contributed by atoms with van der Waals surface area (Å²) in [4.78, 5) is 19.1.